The molecule has 0 radical (unpaired) electrons. The fraction of sp³-hybridized carbons (Fsp3) is 0.632. The highest BCUT2D eigenvalue weighted by atomic mass is 16.7. The summed E-state index contributed by atoms with van der Waals surface area (Å²) in [6, 6.07) is 0. The molecule has 274 valence electrons. The standard InChI is InChI=1S/C38H56O11/c1-6-7-8-9-21-37(49-36(46)19-18-34(42)43)23-24-38(48-32(37)16-12-27(3)25-35(44)45)22-20-29(5)31(47-38)15-11-26(2)10-14-30(39)28(4)13-17-33(40)41/h10-14,16-17,25,28-32,39H,6-9,15,18-24H2,1-5H3,(H,40,41)(H,42,43)(H,44,45)/b14-10+,16-12+,17-13+,26-11+,27-25+/t28-,29-,30-,31?,32-,37+,38-/m0/s1. The lowest BCUT2D eigenvalue weighted by Crippen LogP contribution is -2.59. The Morgan fingerprint density at radius 3 is 2.29 bits per heavy atom. The van der Waals surface area contributed by atoms with Crippen LogP contribution in [0, 0.1) is 11.8 Å². The predicted octanol–water partition coefficient (Wildman–Crippen LogP) is 6.91. The molecule has 1 unspecified atom stereocenters. The number of aliphatic hydroxyl groups excluding tert-OH is 1. The first kappa shape index (κ1) is 41.6. The molecule has 11 heteroatoms. The number of carbonyl (C=O) groups is 4. The smallest absolute Gasteiger partial charge is 0.328 e. The molecule has 2 heterocycles. The van der Waals surface area contributed by atoms with E-state index in [9.17, 15) is 29.4 Å². The molecule has 0 aromatic rings. The third-order valence-corrected chi connectivity index (χ3v) is 9.28. The zero-order valence-electron chi connectivity index (χ0n) is 29.6. The fourth-order valence-corrected chi connectivity index (χ4v) is 6.18. The van der Waals surface area contributed by atoms with E-state index in [1.807, 2.05) is 13.0 Å². The highest BCUT2D eigenvalue weighted by molar-refractivity contribution is 5.81. The molecule has 2 fully saturated rings. The quantitative estimate of drug-likeness (QED) is 0.0480. The molecule has 1 spiro atoms. The van der Waals surface area contributed by atoms with Crippen molar-refractivity contribution in [2.75, 3.05) is 0 Å². The molecule has 0 amide bonds. The topological polar surface area (TPSA) is 177 Å². The summed E-state index contributed by atoms with van der Waals surface area (Å²) >= 11 is 0. The fourth-order valence-electron chi connectivity index (χ4n) is 6.18. The first-order valence-corrected chi connectivity index (χ1v) is 17.4. The number of rotatable bonds is 19. The number of aliphatic carboxylic acids is 3. The van der Waals surface area contributed by atoms with E-state index in [-0.39, 0.29) is 30.8 Å². The number of esters is 1. The maximum Gasteiger partial charge on any atom is 0.328 e. The van der Waals surface area contributed by atoms with Crippen molar-refractivity contribution in [2.45, 2.75) is 141 Å². The highest BCUT2D eigenvalue weighted by Gasteiger charge is 2.54. The molecule has 0 aromatic carbocycles. The van der Waals surface area contributed by atoms with Crippen molar-refractivity contribution in [3.8, 4) is 0 Å². The minimum atomic E-state index is -1.09. The second-order valence-corrected chi connectivity index (χ2v) is 13.5. The molecular formula is C38H56O11. The molecule has 0 aliphatic carbocycles. The van der Waals surface area contributed by atoms with Gasteiger partial charge in [-0.05, 0) is 57.4 Å². The zero-order chi connectivity index (χ0) is 36.6. The van der Waals surface area contributed by atoms with E-state index < -0.39 is 47.5 Å². The lowest BCUT2D eigenvalue weighted by Gasteiger charge is -2.53. The van der Waals surface area contributed by atoms with Gasteiger partial charge in [-0.2, -0.15) is 0 Å². The van der Waals surface area contributed by atoms with E-state index in [4.69, 9.17) is 24.4 Å². The number of carbonyl (C=O) groups excluding carboxylic acids is 1. The molecule has 0 aromatic heterocycles. The van der Waals surface area contributed by atoms with Crippen molar-refractivity contribution >= 4 is 23.9 Å². The minimum absolute atomic E-state index is 0.187. The average molecular weight is 689 g/mol. The molecule has 49 heavy (non-hydrogen) atoms. The summed E-state index contributed by atoms with van der Waals surface area (Å²) in [4.78, 5) is 46.3. The van der Waals surface area contributed by atoms with Crippen LogP contribution in [-0.2, 0) is 33.4 Å². The lowest BCUT2D eigenvalue weighted by molar-refractivity contribution is -0.344. The molecule has 2 saturated heterocycles. The van der Waals surface area contributed by atoms with Crippen molar-refractivity contribution in [3.05, 3.63) is 59.8 Å². The number of hydrogen-bond acceptors (Lipinski definition) is 8. The van der Waals surface area contributed by atoms with Crippen molar-refractivity contribution in [1.82, 2.24) is 0 Å². The largest absolute Gasteiger partial charge is 0.481 e. The third-order valence-electron chi connectivity index (χ3n) is 9.28. The number of ether oxygens (including phenoxy) is 3. The van der Waals surface area contributed by atoms with Gasteiger partial charge in [-0.1, -0.05) is 82.1 Å². The summed E-state index contributed by atoms with van der Waals surface area (Å²) in [6.45, 7) is 9.54. The molecule has 2 aliphatic rings. The average Bonchev–Trinajstić information content (AvgIpc) is 3.04. The summed E-state index contributed by atoms with van der Waals surface area (Å²) in [6.07, 6.45) is 17.2. The minimum Gasteiger partial charge on any atom is -0.481 e. The summed E-state index contributed by atoms with van der Waals surface area (Å²) in [7, 11) is 0. The van der Waals surface area contributed by atoms with Gasteiger partial charge in [-0.3, -0.25) is 9.59 Å². The van der Waals surface area contributed by atoms with Crippen LogP contribution in [0.3, 0.4) is 0 Å². The Bertz CT molecular complexity index is 1280. The van der Waals surface area contributed by atoms with Gasteiger partial charge < -0.3 is 34.6 Å². The molecule has 2 rings (SSSR count). The van der Waals surface area contributed by atoms with E-state index in [0.29, 0.717) is 37.7 Å². The van der Waals surface area contributed by atoms with Crippen molar-refractivity contribution in [2.24, 2.45) is 11.8 Å². The molecule has 4 N–H and O–H groups in total. The van der Waals surface area contributed by atoms with Crippen LogP contribution in [0.1, 0.15) is 112 Å². The van der Waals surface area contributed by atoms with Gasteiger partial charge in [0, 0.05) is 30.9 Å². The van der Waals surface area contributed by atoms with Gasteiger partial charge in [-0.15, -0.1) is 0 Å². The number of hydrogen-bond donors (Lipinski definition) is 4. The van der Waals surface area contributed by atoms with E-state index in [1.165, 1.54) is 6.08 Å². The Morgan fingerprint density at radius 1 is 0.898 bits per heavy atom. The van der Waals surface area contributed by atoms with Crippen LogP contribution in [0.4, 0.5) is 0 Å². The van der Waals surface area contributed by atoms with E-state index in [1.54, 1.807) is 38.2 Å². The number of unbranched alkanes of at least 4 members (excludes halogenated alkanes) is 3. The maximum atomic E-state index is 13.0. The van der Waals surface area contributed by atoms with Crippen LogP contribution in [0.25, 0.3) is 0 Å². The molecule has 11 nitrogen and oxygen atoms in total. The van der Waals surface area contributed by atoms with Crippen LogP contribution in [0.2, 0.25) is 0 Å². The number of carboxylic acids is 3. The van der Waals surface area contributed by atoms with Gasteiger partial charge in [0.25, 0.3) is 0 Å². The second kappa shape index (κ2) is 20.2. The summed E-state index contributed by atoms with van der Waals surface area (Å²) in [5.74, 6) is -4.97. The molecule has 0 bridgehead atoms. The number of aliphatic hydroxyl groups is 1. The second-order valence-electron chi connectivity index (χ2n) is 13.5. The van der Waals surface area contributed by atoms with Crippen molar-refractivity contribution in [1.29, 1.82) is 0 Å². The van der Waals surface area contributed by atoms with Crippen LogP contribution in [-0.4, -0.2) is 74.0 Å². The normalized spacial score (nSPS) is 27.9. The molecular weight excluding hydrogens is 632 g/mol. The van der Waals surface area contributed by atoms with Crippen molar-refractivity contribution < 1.29 is 53.8 Å². The first-order chi connectivity index (χ1) is 23.1. The van der Waals surface area contributed by atoms with Crippen LogP contribution in [0.15, 0.2) is 59.8 Å². The summed E-state index contributed by atoms with van der Waals surface area (Å²) in [5, 5.41) is 37.6. The van der Waals surface area contributed by atoms with E-state index in [0.717, 1.165) is 49.8 Å². The first-order valence-electron chi connectivity index (χ1n) is 17.4. The van der Waals surface area contributed by atoms with Crippen LogP contribution in [0.5, 0.6) is 0 Å². The van der Waals surface area contributed by atoms with Gasteiger partial charge >= 0.3 is 23.9 Å². The van der Waals surface area contributed by atoms with Gasteiger partial charge in [0.15, 0.2) is 5.79 Å². The highest BCUT2D eigenvalue weighted by Crippen LogP contribution is 2.48. The Kier molecular flexibility index (Phi) is 17.2. The zero-order valence-corrected chi connectivity index (χ0v) is 29.6. The van der Waals surface area contributed by atoms with Gasteiger partial charge in [0.2, 0.25) is 0 Å². The van der Waals surface area contributed by atoms with Gasteiger partial charge in [-0.25, -0.2) is 9.59 Å². The maximum absolute atomic E-state index is 13.0. The Morgan fingerprint density at radius 2 is 1.63 bits per heavy atom. The van der Waals surface area contributed by atoms with Gasteiger partial charge in [0.05, 0.1) is 25.0 Å². The van der Waals surface area contributed by atoms with Crippen LogP contribution >= 0.6 is 0 Å². The Hall–Kier alpha value is -3.54. The monoisotopic (exact) mass is 688 g/mol. The van der Waals surface area contributed by atoms with E-state index >= 15 is 0 Å². The van der Waals surface area contributed by atoms with Crippen molar-refractivity contribution in [3.63, 3.8) is 0 Å². The van der Waals surface area contributed by atoms with Crippen LogP contribution < -0.4 is 0 Å². The number of allylic oxidation sites excluding steroid dienone is 4. The molecule has 7 atom stereocenters. The predicted molar refractivity (Wildman–Crippen MR) is 185 cm³/mol. The Labute approximate surface area is 290 Å². The summed E-state index contributed by atoms with van der Waals surface area (Å²) < 4.78 is 19.7. The lowest BCUT2D eigenvalue weighted by atomic mass is 9.78. The third kappa shape index (κ3) is 14.5. The van der Waals surface area contributed by atoms with E-state index in [2.05, 4.69) is 13.8 Å². The molecule has 2 aliphatic heterocycles. The SMILES string of the molecule is CCCCCC[C@@]1(OC(=O)CCC(=O)O)CC[C@]2(CC[C@H](C)C(C/C=C(C)/C=C/[C@H](O)[C@@H](C)/C=C/C(=O)O)O2)O[C@H]1/C=C/C(C)=C/C(=O)O. The molecule has 0 saturated carbocycles. The Balaban J connectivity index is 2.34. The van der Waals surface area contributed by atoms with Gasteiger partial charge in [0.1, 0.15) is 11.7 Å². The number of carboxylic acid groups (broad SMARTS) is 3. The summed E-state index contributed by atoms with van der Waals surface area (Å²) in [5.41, 5.74) is 0.319.